The molecule has 0 unspecified atom stereocenters. The quantitative estimate of drug-likeness (QED) is 0.621. The lowest BCUT2D eigenvalue weighted by molar-refractivity contribution is -0.385. The molecule has 1 heterocycles. The van der Waals surface area contributed by atoms with Gasteiger partial charge in [0.1, 0.15) is 23.4 Å². The van der Waals surface area contributed by atoms with Crippen LogP contribution in [0.1, 0.15) is 5.56 Å². The van der Waals surface area contributed by atoms with Gasteiger partial charge in [-0.05, 0) is 6.92 Å². The number of pyridine rings is 1. The van der Waals surface area contributed by atoms with E-state index in [4.69, 9.17) is 14.2 Å². The van der Waals surface area contributed by atoms with Crippen LogP contribution < -0.4 is 14.2 Å². The largest absolute Gasteiger partial charge is 0.496 e. The van der Waals surface area contributed by atoms with Crippen LogP contribution in [0.4, 0.5) is 5.69 Å². The molecule has 1 aromatic heterocycles. The van der Waals surface area contributed by atoms with Crippen molar-refractivity contribution in [1.82, 2.24) is 4.98 Å². The number of hydrogen-bond acceptors (Lipinski definition) is 6. The molecule has 1 aromatic carbocycles. The minimum absolute atomic E-state index is 0.0805. The van der Waals surface area contributed by atoms with Gasteiger partial charge < -0.3 is 14.2 Å². The van der Waals surface area contributed by atoms with E-state index < -0.39 is 4.92 Å². The first kappa shape index (κ1) is 14.6. The van der Waals surface area contributed by atoms with E-state index in [1.807, 2.05) is 0 Å². The number of methoxy groups -OCH3 is 2. The Bertz CT molecular complexity index is 650. The molecule has 0 saturated carbocycles. The van der Waals surface area contributed by atoms with E-state index in [9.17, 15) is 10.1 Å². The predicted octanol–water partition coefficient (Wildman–Crippen LogP) is 3.11. The lowest BCUT2D eigenvalue weighted by Crippen LogP contribution is -1.96. The van der Waals surface area contributed by atoms with Gasteiger partial charge in [0, 0.05) is 29.8 Å². The summed E-state index contributed by atoms with van der Waals surface area (Å²) >= 11 is 0. The van der Waals surface area contributed by atoms with Gasteiger partial charge in [0.25, 0.3) is 5.69 Å². The molecular weight excluding hydrogens is 276 g/mol. The number of ether oxygens (including phenoxy) is 3. The molecule has 0 fully saturated rings. The topological polar surface area (TPSA) is 83.7 Å². The Morgan fingerprint density at radius 2 is 1.62 bits per heavy atom. The molecule has 110 valence electrons. The molecule has 21 heavy (non-hydrogen) atoms. The molecule has 7 nitrogen and oxygen atoms in total. The molecule has 7 heteroatoms. The first-order valence-electron chi connectivity index (χ1n) is 6.05. The second-order valence-corrected chi connectivity index (χ2v) is 4.22. The van der Waals surface area contributed by atoms with Gasteiger partial charge >= 0.3 is 0 Å². The van der Waals surface area contributed by atoms with Crippen molar-refractivity contribution in [3.05, 3.63) is 46.1 Å². The van der Waals surface area contributed by atoms with Gasteiger partial charge in [-0.15, -0.1) is 0 Å². The Hall–Kier alpha value is -2.83. The SMILES string of the molecule is COc1cc(OC)cc(Oc2ncc([N+](=O)[O-])cc2C)c1. The van der Waals surface area contributed by atoms with E-state index in [0.29, 0.717) is 22.8 Å². The zero-order chi connectivity index (χ0) is 15.4. The molecule has 0 radical (unpaired) electrons. The average molecular weight is 290 g/mol. The third kappa shape index (κ3) is 3.38. The van der Waals surface area contributed by atoms with Crippen molar-refractivity contribution in [2.75, 3.05) is 14.2 Å². The number of aromatic nitrogens is 1. The van der Waals surface area contributed by atoms with Crippen molar-refractivity contribution < 1.29 is 19.1 Å². The Labute approximate surface area is 121 Å². The van der Waals surface area contributed by atoms with Crippen LogP contribution in [0.5, 0.6) is 23.1 Å². The van der Waals surface area contributed by atoms with Crippen LogP contribution in [-0.2, 0) is 0 Å². The highest BCUT2D eigenvalue weighted by Crippen LogP contribution is 2.31. The van der Waals surface area contributed by atoms with Crippen molar-refractivity contribution in [1.29, 1.82) is 0 Å². The number of nitrogens with zero attached hydrogens (tertiary/aromatic N) is 2. The second kappa shape index (κ2) is 6.08. The van der Waals surface area contributed by atoms with E-state index in [1.54, 1.807) is 25.1 Å². The average Bonchev–Trinajstić information content (AvgIpc) is 2.48. The zero-order valence-corrected chi connectivity index (χ0v) is 11.8. The van der Waals surface area contributed by atoms with Crippen LogP contribution in [0.3, 0.4) is 0 Å². The zero-order valence-electron chi connectivity index (χ0n) is 11.8. The summed E-state index contributed by atoms with van der Waals surface area (Å²) in [5.41, 5.74) is 0.481. The van der Waals surface area contributed by atoms with Crippen LogP contribution in [0.25, 0.3) is 0 Å². The molecule has 0 N–H and O–H groups in total. The van der Waals surface area contributed by atoms with E-state index >= 15 is 0 Å². The van der Waals surface area contributed by atoms with E-state index in [-0.39, 0.29) is 11.6 Å². The fourth-order valence-electron chi connectivity index (χ4n) is 1.71. The second-order valence-electron chi connectivity index (χ2n) is 4.22. The highest BCUT2D eigenvalue weighted by atomic mass is 16.6. The van der Waals surface area contributed by atoms with E-state index in [2.05, 4.69) is 4.98 Å². The molecule has 0 bridgehead atoms. The maximum absolute atomic E-state index is 10.7. The van der Waals surface area contributed by atoms with E-state index in [0.717, 1.165) is 6.20 Å². The van der Waals surface area contributed by atoms with Crippen molar-refractivity contribution in [3.8, 4) is 23.1 Å². The molecule has 2 aromatic rings. The number of benzene rings is 1. The van der Waals surface area contributed by atoms with Gasteiger partial charge in [0.05, 0.1) is 19.1 Å². The van der Waals surface area contributed by atoms with Gasteiger partial charge in [-0.1, -0.05) is 0 Å². The third-order valence-corrected chi connectivity index (χ3v) is 2.77. The lowest BCUT2D eigenvalue weighted by atomic mass is 10.2. The van der Waals surface area contributed by atoms with Gasteiger partial charge in [0.2, 0.25) is 5.88 Å². The summed E-state index contributed by atoms with van der Waals surface area (Å²) in [6, 6.07) is 6.46. The summed E-state index contributed by atoms with van der Waals surface area (Å²) in [5.74, 6) is 1.90. The van der Waals surface area contributed by atoms with Gasteiger partial charge in [-0.3, -0.25) is 10.1 Å². The summed E-state index contributed by atoms with van der Waals surface area (Å²) in [5, 5.41) is 10.7. The van der Waals surface area contributed by atoms with Crippen molar-refractivity contribution in [3.63, 3.8) is 0 Å². The first-order valence-corrected chi connectivity index (χ1v) is 6.05. The maximum atomic E-state index is 10.7. The van der Waals surface area contributed by atoms with Crippen LogP contribution >= 0.6 is 0 Å². The van der Waals surface area contributed by atoms with E-state index in [1.165, 1.54) is 20.3 Å². The maximum Gasteiger partial charge on any atom is 0.288 e. The predicted molar refractivity (Wildman–Crippen MR) is 75.2 cm³/mol. The molecule has 0 aliphatic rings. The summed E-state index contributed by atoms with van der Waals surface area (Å²) in [6.07, 6.45) is 1.15. The minimum Gasteiger partial charge on any atom is -0.496 e. The van der Waals surface area contributed by atoms with Crippen LogP contribution in [0.2, 0.25) is 0 Å². The highest BCUT2D eigenvalue weighted by Gasteiger charge is 2.12. The monoisotopic (exact) mass is 290 g/mol. The van der Waals surface area contributed by atoms with Gasteiger partial charge in [0.15, 0.2) is 0 Å². The summed E-state index contributed by atoms with van der Waals surface area (Å²) < 4.78 is 15.9. The Morgan fingerprint density at radius 3 is 2.10 bits per heavy atom. The van der Waals surface area contributed by atoms with Crippen LogP contribution in [0, 0.1) is 17.0 Å². The number of rotatable bonds is 5. The van der Waals surface area contributed by atoms with Gasteiger partial charge in [-0.25, -0.2) is 4.98 Å². The first-order chi connectivity index (χ1) is 10.0. The fourth-order valence-corrected chi connectivity index (χ4v) is 1.71. The highest BCUT2D eigenvalue weighted by molar-refractivity contribution is 5.45. The van der Waals surface area contributed by atoms with Crippen LogP contribution in [-0.4, -0.2) is 24.1 Å². The fraction of sp³-hybridized carbons (Fsp3) is 0.214. The molecule has 0 saturated heterocycles. The number of hydrogen-bond donors (Lipinski definition) is 0. The summed E-state index contributed by atoms with van der Waals surface area (Å²) in [7, 11) is 3.07. The molecule has 0 aliphatic heterocycles. The lowest BCUT2D eigenvalue weighted by Gasteiger charge is -2.10. The summed E-state index contributed by atoms with van der Waals surface area (Å²) in [6.45, 7) is 1.69. The Morgan fingerprint density at radius 1 is 1.05 bits per heavy atom. The van der Waals surface area contributed by atoms with Crippen molar-refractivity contribution in [2.24, 2.45) is 0 Å². The minimum atomic E-state index is -0.502. The molecule has 0 spiro atoms. The Kier molecular flexibility index (Phi) is 4.22. The number of aryl methyl sites for hydroxylation is 1. The van der Waals surface area contributed by atoms with Crippen molar-refractivity contribution in [2.45, 2.75) is 6.92 Å². The molecular formula is C14H14N2O5. The molecule has 0 amide bonds. The number of nitro groups is 1. The van der Waals surface area contributed by atoms with Gasteiger partial charge in [-0.2, -0.15) is 0 Å². The smallest absolute Gasteiger partial charge is 0.288 e. The molecule has 0 aliphatic carbocycles. The van der Waals surface area contributed by atoms with Crippen LogP contribution in [0.15, 0.2) is 30.5 Å². The molecule has 0 atom stereocenters. The normalized spacial score (nSPS) is 10.0. The summed E-state index contributed by atoms with van der Waals surface area (Å²) in [4.78, 5) is 14.1. The molecule has 2 rings (SSSR count). The standard InChI is InChI=1S/C14H14N2O5/c1-9-4-10(16(17)18)8-15-14(9)21-13-6-11(19-2)5-12(7-13)20-3/h4-8H,1-3H3. The Balaban J connectivity index is 2.31. The van der Waals surface area contributed by atoms with Crippen molar-refractivity contribution >= 4 is 5.69 Å². The third-order valence-electron chi connectivity index (χ3n) is 2.77.